The lowest BCUT2D eigenvalue weighted by Crippen LogP contribution is -2.27. The van der Waals surface area contributed by atoms with Gasteiger partial charge in [0, 0.05) is 11.4 Å². The Kier molecular flexibility index (Phi) is 3.82. The van der Waals surface area contributed by atoms with Crippen molar-refractivity contribution in [2.45, 2.75) is 11.9 Å². The minimum atomic E-state index is 0.102. The fourth-order valence-corrected chi connectivity index (χ4v) is 4.59. The summed E-state index contributed by atoms with van der Waals surface area (Å²) in [5.74, 6) is 0.746. The molecule has 0 saturated carbocycles. The smallest absolute Gasteiger partial charge is 0.234 e. The molecule has 0 aliphatic carbocycles. The van der Waals surface area contributed by atoms with E-state index in [9.17, 15) is 4.79 Å². The van der Waals surface area contributed by atoms with E-state index in [1.165, 1.54) is 0 Å². The number of carbonyl (C=O) groups excluding carboxylic acids is 1. The Bertz CT molecular complexity index is 584. The van der Waals surface area contributed by atoms with Crippen LogP contribution in [0.5, 0.6) is 0 Å². The second-order valence-corrected chi connectivity index (χ2v) is 7.13. The van der Waals surface area contributed by atoms with E-state index < -0.39 is 0 Å². The molecule has 3 rings (SSSR count). The molecule has 2 heterocycles. The Hall–Kier alpha value is -0.970. The van der Waals surface area contributed by atoms with Gasteiger partial charge < -0.3 is 4.90 Å². The highest BCUT2D eigenvalue weighted by molar-refractivity contribution is 8.00. The highest BCUT2D eigenvalue weighted by atomic mass is 35.5. The van der Waals surface area contributed by atoms with Crippen molar-refractivity contribution in [2.75, 3.05) is 5.75 Å². The van der Waals surface area contributed by atoms with Gasteiger partial charge in [0.1, 0.15) is 5.37 Å². The van der Waals surface area contributed by atoms with Gasteiger partial charge in [0.2, 0.25) is 5.91 Å². The van der Waals surface area contributed by atoms with Gasteiger partial charge in [0.05, 0.1) is 10.1 Å². The van der Waals surface area contributed by atoms with Crippen molar-refractivity contribution in [3.8, 4) is 0 Å². The molecule has 0 radical (unpaired) electrons. The molecule has 0 spiro atoms. The Morgan fingerprint density at radius 2 is 2.00 bits per heavy atom. The van der Waals surface area contributed by atoms with Crippen LogP contribution in [0.1, 0.15) is 15.8 Å². The summed E-state index contributed by atoms with van der Waals surface area (Å²) in [7, 11) is 0. The van der Waals surface area contributed by atoms with Gasteiger partial charge in [-0.3, -0.25) is 4.79 Å². The first kappa shape index (κ1) is 13.0. The van der Waals surface area contributed by atoms with E-state index in [2.05, 4.69) is 12.1 Å². The zero-order chi connectivity index (χ0) is 13.2. The van der Waals surface area contributed by atoms with Crippen molar-refractivity contribution >= 4 is 40.6 Å². The first-order chi connectivity index (χ1) is 9.24. The highest BCUT2D eigenvalue weighted by Gasteiger charge is 2.33. The van der Waals surface area contributed by atoms with Crippen LogP contribution in [0, 0.1) is 0 Å². The van der Waals surface area contributed by atoms with Crippen molar-refractivity contribution in [3.63, 3.8) is 0 Å². The average Bonchev–Trinajstić information content (AvgIpc) is 2.99. The van der Waals surface area contributed by atoms with Gasteiger partial charge in [-0.25, -0.2) is 0 Å². The van der Waals surface area contributed by atoms with Gasteiger partial charge in [-0.15, -0.1) is 23.1 Å². The SMILES string of the molecule is O=C1CSC(c2ccc(Cl)s2)N1Cc1ccccc1. The number of hydrogen-bond acceptors (Lipinski definition) is 3. The molecule has 19 heavy (non-hydrogen) atoms. The van der Waals surface area contributed by atoms with Crippen LogP contribution in [0.3, 0.4) is 0 Å². The zero-order valence-electron chi connectivity index (χ0n) is 10.1. The number of amides is 1. The van der Waals surface area contributed by atoms with E-state index in [4.69, 9.17) is 11.6 Å². The van der Waals surface area contributed by atoms with Crippen LogP contribution in [-0.2, 0) is 11.3 Å². The third kappa shape index (κ3) is 2.81. The van der Waals surface area contributed by atoms with Crippen LogP contribution < -0.4 is 0 Å². The average molecular weight is 310 g/mol. The lowest BCUT2D eigenvalue weighted by Gasteiger charge is -2.23. The van der Waals surface area contributed by atoms with Crippen molar-refractivity contribution in [1.82, 2.24) is 4.90 Å². The molecule has 98 valence electrons. The minimum absolute atomic E-state index is 0.102. The molecule has 2 aromatic rings. The number of thioether (sulfide) groups is 1. The third-order valence-electron chi connectivity index (χ3n) is 3.00. The van der Waals surface area contributed by atoms with Crippen molar-refractivity contribution in [2.24, 2.45) is 0 Å². The van der Waals surface area contributed by atoms with E-state index in [1.807, 2.05) is 35.2 Å². The maximum Gasteiger partial charge on any atom is 0.234 e. The fourth-order valence-electron chi connectivity index (χ4n) is 2.10. The first-order valence-corrected chi connectivity index (χ1v) is 8.18. The summed E-state index contributed by atoms with van der Waals surface area (Å²) < 4.78 is 0.773. The number of halogens is 1. The summed E-state index contributed by atoms with van der Waals surface area (Å²) in [5, 5.41) is 0.102. The summed E-state index contributed by atoms with van der Waals surface area (Å²) in [6, 6.07) is 14.0. The maximum absolute atomic E-state index is 12.0. The number of carbonyl (C=O) groups is 1. The maximum atomic E-state index is 12.0. The Balaban J connectivity index is 1.83. The zero-order valence-corrected chi connectivity index (χ0v) is 12.5. The molecule has 0 N–H and O–H groups in total. The van der Waals surface area contributed by atoms with Crippen LogP contribution in [0.15, 0.2) is 42.5 Å². The van der Waals surface area contributed by atoms with Gasteiger partial charge in [0.25, 0.3) is 0 Å². The van der Waals surface area contributed by atoms with Crippen molar-refractivity contribution in [3.05, 3.63) is 57.2 Å². The predicted octanol–water partition coefficient (Wildman–Crippen LogP) is 4.18. The molecule has 2 nitrogen and oxygen atoms in total. The summed E-state index contributed by atoms with van der Waals surface area (Å²) in [6.45, 7) is 0.660. The van der Waals surface area contributed by atoms with Crippen molar-refractivity contribution in [1.29, 1.82) is 0 Å². The Morgan fingerprint density at radius 1 is 1.21 bits per heavy atom. The van der Waals surface area contributed by atoms with E-state index in [0.717, 1.165) is 14.8 Å². The lowest BCUT2D eigenvalue weighted by atomic mass is 10.2. The van der Waals surface area contributed by atoms with Crippen LogP contribution in [0.4, 0.5) is 0 Å². The summed E-state index contributed by atoms with van der Waals surface area (Å²) in [5.41, 5.74) is 1.16. The van der Waals surface area contributed by atoms with Gasteiger partial charge in [0.15, 0.2) is 0 Å². The number of thiophene rings is 1. The Labute approximate surface area is 125 Å². The number of nitrogens with zero attached hydrogens (tertiary/aromatic N) is 1. The number of benzene rings is 1. The molecule has 5 heteroatoms. The van der Waals surface area contributed by atoms with Crippen LogP contribution in [0.25, 0.3) is 0 Å². The fraction of sp³-hybridized carbons (Fsp3) is 0.214. The summed E-state index contributed by atoms with van der Waals surface area (Å²) in [4.78, 5) is 15.1. The largest absolute Gasteiger partial charge is 0.321 e. The summed E-state index contributed by atoms with van der Waals surface area (Å²) in [6.07, 6.45) is 0. The molecule has 1 aromatic heterocycles. The van der Waals surface area contributed by atoms with Crippen LogP contribution in [-0.4, -0.2) is 16.6 Å². The molecule has 1 amide bonds. The molecule has 1 saturated heterocycles. The van der Waals surface area contributed by atoms with Gasteiger partial charge >= 0.3 is 0 Å². The van der Waals surface area contributed by atoms with E-state index in [-0.39, 0.29) is 11.3 Å². The molecule has 1 aliphatic heterocycles. The second-order valence-electron chi connectivity index (χ2n) is 4.31. The quantitative estimate of drug-likeness (QED) is 0.848. The Morgan fingerprint density at radius 3 is 2.68 bits per heavy atom. The highest BCUT2D eigenvalue weighted by Crippen LogP contribution is 2.43. The van der Waals surface area contributed by atoms with Crippen LogP contribution >= 0.6 is 34.7 Å². The third-order valence-corrected chi connectivity index (χ3v) is 5.67. The molecular formula is C14H12ClNOS2. The predicted molar refractivity (Wildman–Crippen MR) is 81.5 cm³/mol. The lowest BCUT2D eigenvalue weighted by molar-refractivity contribution is -0.128. The van der Waals surface area contributed by atoms with Gasteiger partial charge in [-0.1, -0.05) is 41.9 Å². The minimum Gasteiger partial charge on any atom is -0.321 e. The molecule has 1 unspecified atom stereocenters. The molecule has 0 bridgehead atoms. The number of hydrogen-bond donors (Lipinski definition) is 0. The van der Waals surface area contributed by atoms with Gasteiger partial charge in [-0.2, -0.15) is 0 Å². The molecule has 1 aromatic carbocycles. The number of rotatable bonds is 3. The summed E-state index contributed by atoms with van der Waals surface area (Å²) >= 11 is 9.21. The van der Waals surface area contributed by atoms with Crippen LogP contribution in [0.2, 0.25) is 4.34 Å². The first-order valence-electron chi connectivity index (χ1n) is 5.94. The van der Waals surface area contributed by atoms with Crippen molar-refractivity contribution < 1.29 is 4.79 Å². The molecule has 1 fully saturated rings. The molecular weight excluding hydrogens is 298 g/mol. The molecule has 1 aliphatic rings. The standard InChI is InChI=1S/C14H12ClNOS2/c15-12-7-6-11(19-12)14-16(13(17)9-18-14)8-10-4-2-1-3-5-10/h1-7,14H,8-9H2. The molecule has 1 atom stereocenters. The topological polar surface area (TPSA) is 20.3 Å². The normalized spacial score (nSPS) is 19.1. The second kappa shape index (κ2) is 5.57. The van der Waals surface area contributed by atoms with E-state index >= 15 is 0 Å². The van der Waals surface area contributed by atoms with Gasteiger partial charge in [-0.05, 0) is 17.7 Å². The monoisotopic (exact) mass is 309 g/mol. The van der Waals surface area contributed by atoms with E-state index in [0.29, 0.717) is 12.3 Å². The van der Waals surface area contributed by atoms with E-state index in [1.54, 1.807) is 23.1 Å².